The molecular formula is C36H80N2O6S. The predicted octanol–water partition coefficient (Wildman–Crippen LogP) is 10.5. The molecule has 0 aromatic heterocycles. The molecule has 0 aromatic carbocycles. The van der Waals surface area contributed by atoms with E-state index in [9.17, 15) is 10.4 Å². The Balaban J connectivity index is -0.000000680. The second-order valence-corrected chi connectivity index (χ2v) is 15.1. The lowest BCUT2D eigenvalue weighted by atomic mass is 10.0. The zero-order valence-electron chi connectivity index (χ0n) is 31.0. The topological polar surface area (TPSA) is 121 Å². The van der Waals surface area contributed by atoms with Crippen molar-refractivity contribution in [1.29, 1.82) is 0 Å². The lowest BCUT2D eigenvalue weighted by molar-refractivity contribution is -1.07. The molecule has 2 N–H and O–H groups in total. The van der Waals surface area contributed by atoms with Gasteiger partial charge in [-0.2, -0.15) is 9.29 Å². The van der Waals surface area contributed by atoms with Crippen molar-refractivity contribution in [3.05, 3.63) is 0 Å². The van der Waals surface area contributed by atoms with Crippen LogP contribution in [0.15, 0.2) is 0 Å². The second kappa shape index (κ2) is 35.0. The van der Waals surface area contributed by atoms with Gasteiger partial charge in [0.15, 0.2) is 0 Å². The van der Waals surface area contributed by atoms with E-state index in [4.69, 9.17) is 17.5 Å². The lowest BCUT2D eigenvalue weighted by Crippen LogP contribution is -2.36. The molecule has 0 bridgehead atoms. The summed E-state index contributed by atoms with van der Waals surface area (Å²) in [6, 6.07) is 0. The molecule has 0 saturated carbocycles. The Kier molecular flexibility index (Phi) is 38.2. The van der Waals surface area contributed by atoms with Crippen LogP contribution in [-0.4, -0.2) is 78.5 Å². The third-order valence-corrected chi connectivity index (χ3v) is 8.12. The molecule has 0 aliphatic heterocycles. The lowest BCUT2D eigenvalue weighted by Gasteiger charge is -2.19. The number of hydrogen-bond acceptors (Lipinski definition) is 6. The van der Waals surface area contributed by atoms with Crippen molar-refractivity contribution in [2.45, 2.75) is 194 Å². The van der Waals surface area contributed by atoms with Crippen molar-refractivity contribution < 1.29 is 37.2 Å². The average molecular weight is 669 g/mol. The van der Waals surface area contributed by atoms with Crippen LogP contribution < -0.4 is 0 Å². The largest absolute Gasteiger partial charge is 0.759 e. The maximum atomic E-state index is 9.55. The van der Waals surface area contributed by atoms with E-state index in [1.807, 2.05) is 28.2 Å². The van der Waals surface area contributed by atoms with Gasteiger partial charge in [-0.05, 0) is 25.7 Å². The molecule has 0 aliphatic carbocycles. The van der Waals surface area contributed by atoms with E-state index in [2.05, 4.69) is 13.8 Å². The van der Waals surface area contributed by atoms with E-state index in [0.717, 1.165) is 25.9 Å². The molecule has 0 unspecified atom stereocenters. The van der Waals surface area contributed by atoms with Crippen molar-refractivity contribution in [2.24, 2.45) is 0 Å². The fraction of sp³-hybridized carbons (Fsp3) is 1.00. The minimum absolute atomic E-state index is 0.123. The Morgan fingerprint density at radius 2 is 0.511 bits per heavy atom. The third kappa shape index (κ3) is 66.9. The number of nitrogens with zero attached hydrogens (tertiary/aromatic N) is 2. The number of hydrogen-bond donors (Lipinski definition) is 2. The standard InChI is InChI=1S/2C18H40NO.H2O4S/c2*1-4-5-6-7-8-9-10-11-12-13-14-15-16-17-18-19(2,3)20;1-5(2,3)4/h2*20H,4-18H2,1-3H3;(H2,1,2,3,4)/q2*+1;/p-2. The molecule has 0 aliphatic rings. The van der Waals surface area contributed by atoms with E-state index in [-0.39, 0.29) is 9.29 Å². The summed E-state index contributed by atoms with van der Waals surface area (Å²) in [6.07, 6.45) is 38.9. The second-order valence-electron chi connectivity index (χ2n) is 14.3. The Morgan fingerprint density at radius 1 is 0.378 bits per heavy atom. The molecule has 0 atom stereocenters. The van der Waals surface area contributed by atoms with Gasteiger partial charge in [0.2, 0.25) is 0 Å². The molecule has 0 amide bonds. The summed E-state index contributed by atoms with van der Waals surface area (Å²) in [5.74, 6) is 0. The highest BCUT2D eigenvalue weighted by atomic mass is 32.3. The van der Waals surface area contributed by atoms with Crippen LogP contribution in [0.5, 0.6) is 0 Å². The summed E-state index contributed by atoms with van der Waals surface area (Å²) in [6.45, 7) is 6.34. The molecule has 0 heterocycles. The van der Waals surface area contributed by atoms with Crippen molar-refractivity contribution in [3.63, 3.8) is 0 Å². The Bertz CT molecular complexity index is 613. The van der Waals surface area contributed by atoms with Gasteiger partial charge in [-0.15, -0.1) is 0 Å². The first-order chi connectivity index (χ1) is 21.1. The van der Waals surface area contributed by atoms with E-state index >= 15 is 0 Å². The smallest absolute Gasteiger partial charge is 0.108 e. The van der Waals surface area contributed by atoms with E-state index in [1.54, 1.807) is 0 Å². The van der Waals surface area contributed by atoms with Crippen LogP contribution in [-0.2, 0) is 10.4 Å². The molecule has 0 aromatic rings. The fourth-order valence-electron chi connectivity index (χ4n) is 5.39. The van der Waals surface area contributed by atoms with Crippen molar-refractivity contribution >= 4 is 10.4 Å². The zero-order chi connectivity index (χ0) is 34.7. The van der Waals surface area contributed by atoms with Crippen LogP contribution in [0, 0.1) is 0 Å². The van der Waals surface area contributed by atoms with Crippen LogP contribution in [0.4, 0.5) is 0 Å². The summed E-state index contributed by atoms with van der Waals surface area (Å²) >= 11 is 0. The molecule has 0 radical (unpaired) electrons. The molecule has 8 nitrogen and oxygen atoms in total. The molecule has 0 rings (SSSR count). The van der Waals surface area contributed by atoms with Gasteiger partial charge in [0, 0.05) is 10.4 Å². The normalized spacial score (nSPS) is 12.0. The molecule has 0 spiro atoms. The van der Waals surface area contributed by atoms with Crippen LogP contribution in [0.1, 0.15) is 194 Å². The molecule has 45 heavy (non-hydrogen) atoms. The van der Waals surface area contributed by atoms with Crippen LogP contribution >= 0.6 is 0 Å². The average Bonchev–Trinajstić information content (AvgIpc) is 2.92. The summed E-state index contributed by atoms with van der Waals surface area (Å²) in [5.41, 5.74) is 0. The Labute approximate surface area is 282 Å². The number of unbranched alkanes of at least 4 members (excludes halogenated alkanes) is 26. The molecule has 0 saturated heterocycles. The number of quaternary nitrogens is 2. The van der Waals surface area contributed by atoms with E-state index in [1.165, 1.54) is 167 Å². The highest BCUT2D eigenvalue weighted by Crippen LogP contribution is 2.14. The van der Waals surface area contributed by atoms with Gasteiger partial charge in [0.1, 0.15) is 13.1 Å². The fourth-order valence-corrected chi connectivity index (χ4v) is 5.39. The SMILES string of the molecule is CCCCCCCCCCCCCCCC[N+](C)(C)O.CCCCCCCCCCCCCCCC[N+](C)(C)O.O=S(=O)([O-])[O-]. The van der Waals surface area contributed by atoms with Gasteiger partial charge in [-0.25, -0.2) is 10.4 Å². The first-order valence-electron chi connectivity index (χ1n) is 18.9. The summed E-state index contributed by atoms with van der Waals surface area (Å²) in [4.78, 5) is 0. The van der Waals surface area contributed by atoms with Crippen LogP contribution in [0.2, 0.25) is 0 Å². The van der Waals surface area contributed by atoms with Crippen molar-refractivity contribution in [3.8, 4) is 0 Å². The van der Waals surface area contributed by atoms with Gasteiger partial charge in [0.25, 0.3) is 0 Å². The summed E-state index contributed by atoms with van der Waals surface area (Å²) in [5, 5.41) is 19.1. The van der Waals surface area contributed by atoms with Gasteiger partial charge in [0.05, 0.1) is 28.2 Å². The first kappa shape index (κ1) is 49.1. The van der Waals surface area contributed by atoms with Gasteiger partial charge in [-0.1, -0.05) is 168 Å². The monoisotopic (exact) mass is 669 g/mol. The van der Waals surface area contributed by atoms with Gasteiger partial charge in [-0.3, -0.25) is 8.42 Å². The molecule has 9 heteroatoms. The van der Waals surface area contributed by atoms with E-state index < -0.39 is 10.4 Å². The highest BCUT2D eigenvalue weighted by molar-refractivity contribution is 7.79. The van der Waals surface area contributed by atoms with Crippen LogP contribution in [0.3, 0.4) is 0 Å². The minimum Gasteiger partial charge on any atom is -0.759 e. The van der Waals surface area contributed by atoms with Gasteiger partial charge < -0.3 is 9.11 Å². The van der Waals surface area contributed by atoms with Crippen LogP contribution in [0.25, 0.3) is 0 Å². The van der Waals surface area contributed by atoms with Crippen molar-refractivity contribution in [1.82, 2.24) is 0 Å². The predicted molar refractivity (Wildman–Crippen MR) is 189 cm³/mol. The Hall–Kier alpha value is -0.290. The highest BCUT2D eigenvalue weighted by Gasteiger charge is 2.09. The maximum absolute atomic E-state index is 9.55. The minimum atomic E-state index is -5.17. The molecule has 276 valence electrons. The maximum Gasteiger partial charge on any atom is 0.108 e. The van der Waals surface area contributed by atoms with Gasteiger partial charge >= 0.3 is 0 Å². The molecular weight excluding hydrogens is 588 g/mol. The first-order valence-corrected chi connectivity index (χ1v) is 20.2. The summed E-state index contributed by atoms with van der Waals surface area (Å²) < 4.78 is 34.3. The summed E-state index contributed by atoms with van der Waals surface area (Å²) in [7, 11) is 2.23. The number of rotatable bonds is 30. The molecule has 0 fully saturated rings. The van der Waals surface area contributed by atoms with E-state index in [0.29, 0.717) is 0 Å². The van der Waals surface area contributed by atoms with Crippen molar-refractivity contribution in [2.75, 3.05) is 41.3 Å². The quantitative estimate of drug-likeness (QED) is 0.0258. The third-order valence-electron chi connectivity index (χ3n) is 8.12. The zero-order valence-corrected chi connectivity index (χ0v) is 31.9. The Morgan fingerprint density at radius 3 is 0.644 bits per heavy atom. The number of hydroxylamine groups is 6.